The number of hydrogen-bond acceptors (Lipinski definition) is 4. The van der Waals surface area contributed by atoms with E-state index in [1.165, 1.54) is 0 Å². The van der Waals surface area contributed by atoms with Crippen molar-refractivity contribution in [2.24, 2.45) is 0 Å². The molecule has 1 aliphatic rings. The quantitative estimate of drug-likeness (QED) is 0.861. The van der Waals surface area contributed by atoms with E-state index in [1.807, 2.05) is 0 Å². The summed E-state index contributed by atoms with van der Waals surface area (Å²) in [7, 11) is 0. The van der Waals surface area contributed by atoms with Crippen molar-refractivity contribution in [2.75, 3.05) is 13.2 Å². The molecule has 98 valence electrons. The Morgan fingerprint density at radius 3 is 2.11 bits per heavy atom. The Hall–Kier alpha value is -1.89. The summed E-state index contributed by atoms with van der Waals surface area (Å²) in [5.74, 6) is -1.33. The van der Waals surface area contributed by atoms with Crippen LogP contribution in [-0.4, -0.2) is 29.4 Å². The first-order valence-corrected chi connectivity index (χ1v) is 5.13. The van der Waals surface area contributed by atoms with Crippen molar-refractivity contribution in [1.29, 1.82) is 0 Å². The van der Waals surface area contributed by atoms with Crippen molar-refractivity contribution in [3.8, 4) is 11.5 Å². The van der Waals surface area contributed by atoms with Crippen LogP contribution in [0.2, 0.25) is 0 Å². The molecule has 0 amide bonds. The number of carboxylic acid groups (broad SMARTS) is 1. The van der Waals surface area contributed by atoms with Crippen molar-refractivity contribution < 1.29 is 33.3 Å². The second-order valence-corrected chi connectivity index (χ2v) is 3.67. The summed E-state index contributed by atoms with van der Waals surface area (Å²) in [5.41, 5.74) is -0.962. The van der Waals surface area contributed by atoms with Gasteiger partial charge in [-0.15, -0.1) is 0 Å². The molecule has 1 aliphatic heterocycles. The Kier molecular flexibility index (Phi) is 3.33. The molecule has 0 saturated heterocycles. The highest BCUT2D eigenvalue weighted by Crippen LogP contribution is 2.39. The molecule has 0 saturated carbocycles. The van der Waals surface area contributed by atoms with Crippen LogP contribution in [0.15, 0.2) is 12.1 Å². The second kappa shape index (κ2) is 4.77. The molecule has 0 spiro atoms. The first-order valence-electron chi connectivity index (χ1n) is 5.13. The standard InChI is InChI=1S/C11H10F2O5/c12-10(13)6-4-8-7(17-1-2-18-8)3-5(6)9(14)11(15)16/h3-4,9-10,14H,1-2H2,(H,15,16). The molecule has 7 heteroatoms. The Bertz CT molecular complexity index is 475. The lowest BCUT2D eigenvalue weighted by atomic mass is 10.0. The Morgan fingerprint density at radius 1 is 1.17 bits per heavy atom. The fraction of sp³-hybridized carbons (Fsp3) is 0.364. The molecule has 0 bridgehead atoms. The number of hydrogen-bond donors (Lipinski definition) is 2. The summed E-state index contributed by atoms with van der Waals surface area (Å²) in [5, 5.41) is 18.1. The molecule has 1 heterocycles. The van der Waals surface area contributed by atoms with Gasteiger partial charge in [0.25, 0.3) is 6.43 Å². The minimum atomic E-state index is -2.91. The predicted octanol–water partition coefficient (Wildman–Crippen LogP) is 1.51. The maximum absolute atomic E-state index is 12.8. The van der Waals surface area contributed by atoms with Gasteiger partial charge >= 0.3 is 5.97 Å². The van der Waals surface area contributed by atoms with E-state index in [0.717, 1.165) is 12.1 Å². The van der Waals surface area contributed by atoms with Crippen molar-refractivity contribution in [2.45, 2.75) is 12.5 Å². The van der Waals surface area contributed by atoms with Gasteiger partial charge in [-0.3, -0.25) is 0 Å². The average Bonchev–Trinajstić information content (AvgIpc) is 2.36. The van der Waals surface area contributed by atoms with Gasteiger partial charge in [-0.1, -0.05) is 0 Å². The number of rotatable bonds is 3. The molecule has 1 unspecified atom stereocenters. The van der Waals surface area contributed by atoms with Crippen LogP contribution in [0.5, 0.6) is 11.5 Å². The van der Waals surface area contributed by atoms with Gasteiger partial charge in [0, 0.05) is 11.1 Å². The maximum Gasteiger partial charge on any atom is 0.337 e. The topological polar surface area (TPSA) is 76.0 Å². The maximum atomic E-state index is 12.8. The van der Waals surface area contributed by atoms with Crippen LogP contribution < -0.4 is 9.47 Å². The molecule has 1 aromatic rings. The zero-order valence-electron chi connectivity index (χ0n) is 9.10. The van der Waals surface area contributed by atoms with E-state index >= 15 is 0 Å². The van der Waals surface area contributed by atoms with Crippen molar-refractivity contribution in [3.05, 3.63) is 23.3 Å². The third-order valence-corrected chi connectivity index (χ3v) is 2.51. The number of fused-ring (bicyclic) bond motifs is 1. The third-order valence-electron chi connectivity index (χ3n) is 2.51. The number of benzene rings is 1. The smallest absolute Gasteiger partial charge is 0.337 e. The molecular formula is C11H10F2O5. The lowest BCUT2D eigenvalue weighted by molar-refractivity contribution is -0.147. The van der Waals surface area contributed by atoms with E-state index in [9.17, 15) is 18.7 Å². The van der Waals surface area contributed by atoms with E-state index in [2.05, 4.69) is 0 Å². The van der Waals surface area contributed by atoms with E-state index in [-0.39, 0.29) is 30.3 Å². The lowest BCUT2D eigenvalue weighted by Gasteiger charge is -2.21. The van der Waals surface area contributed by atoms with Gasteiger partial charge in [0.15, 0.2) is 17.6 Å². The van der Waals surface area contributed by atoms with Gasteiger partial charge < -0.3 is 19.7 Å². The first kappa shape index (κ1) is 12.6. The van der Waals surface area contributed by atoms with Gasteiger partial charge in [0.2, 0.25) is 0 Å². The number of aliphatic hydroxyl groups excluding tert-OH is 1. The number of alkyl halides is 2. The molecule has 2 rings (SSSR count). The van der Waals surface area contributed by atoms with Crippen molar-refractivity contribution >= 4 is 5.97 Å². The summed E-state index contributed by atoms with van der Waals surface area (Å²) < 4.78 is 35.9. The van der Waals surface area contributed by atoms with Gasteiger partial charge in [-0.05, 0) is 12.1 Å². The van der Waals surface area contributed by atoms with Crippen LogP contribution in [0.1, 0.15) is 23.7 Å². The monoisotopic (exact) mass is 260 g/mol. The zero-order valence-corrected chi connectivity index (χ0v) is 9.10. The lowest BCUT2D eigenvalue weighted by Crippen LogP contribution is -2.18. The first-order chi connectivity index (χ1) is 8.50. The predicted molar refractivity (Wildman–Crippen MR) is 55.0 cm³/mol. The molecule has 5 nitrogen and oxygen atoms in total. The van der Waals surface area contributed by atoms with E-state index in [1.54, 1.807) is 0 Å². The Morgan fingerprint density at radius 2 is 1.67 bits per heavy atom. The number of aliphatic carboxylic acids is 1. The van der Waals surface area contributed by atoms with Crippen LogP contribution in [0, 0.1) is 0 Å². The summed E-state index contributed by atoms with van der Waals surface area (Å²) in [6, 6.07) is 2.08. The fourth-order valence-electron chi connectivity index (χ4n) is 1.68. The molecular weight excluding hydrogens is 250 g/mol. The largest absolute Gasteiger partial charge is 0.486 e. The summed E-state index contributed by atoms with van der Waals surface area (Å²) >= 11 is 0. The number of carboxylic acids is 1. The molecule has 0 aliphatic carbocycles. The summed E-state index contributed by atoms with van der Waals surface area (Å²) in [4.78, 5) is 10.7. The van der Waals surface area contributed by atoms with Gasteiger partial charge in [-0.25, -0.2) is 13.6 Å². The molecule has 2 N–H and O–H groups in total. The molecule has 1 atom stereocenters. The Balaban J connectivity index is 2.52. The zero-order chi connectivity index (χ0) is 13.3. The van der Waals surface area contributed by atoms with Gasteiger partial charge in [0.05, 0.1) is 0 Å². The molecule has 0 aromatic heterocycles. The van der Waals surface area contributed by atoms with Crippen LogP contribution in [0.25, 0.3) is 0 Å². The second-order valence-electron chi connectivity index (χ2n) is 3.67. The third kappa shape index (κ3) is 2.21. The normalized spacial score (nSPS) is 15.6. The highest BCUT2D eigenvalue weighted by molar-refractivity contribution is 5.75. The average molecular weight is 260 g/mol. The van der Waals surface area contributed by atoms with Crippen molar-refractivity contribution in [1.82, 2.24) is 0 Å². The fourth-order valence-corrected chi connectivity index (χ4v) is 1.68. The number of halogens is 2. The van der Waals surface area contributed by atoms with E-state index in [0.29, 0.717) is 0 Å². The summed E-state index contributed by atoms with van der Waals surface area (Å²) in [6.07, 6.45) is -4.94. The van der Waals surface area contributed by atoms with Crippen LogP contribution in [0.3, 0.4) is 0 Å². The molecule has 0 fully saturated rings. The number of aliphatic hydroxyl groups is 1. The number of ether oxygens (including phenoxy) is 2. The minimum Gasteiger partial charge on any atom is -0.486 e. The highest BCUT2D eigenvalue weighted by Gasteiger charge is 2.27. The van der Waals surface area contributed by atoms with Gasteiger partial charge in [0.1, 0.15) is 13.2 Å². The molecule has 1 aromatic carbocycles. The minimum absolute atomic E-state index is 0.123. The van der Waals surface area contributed by atoms with Gasteiger partial charge in [-0.2, -0.15) is 0 Å². The molecule has 18 heavy (non-hydrogen) atoms. The summed E-state index contributed by atoms with van der Waals surface area (Å²) in [6.45, 7) is 0.472. The number of carbonyl (C=O) groups is 1. The van der Waals surface area contributed by atoms with Crippen LogP contribution in [0.4, 0.5) is 8.78 Å². The van der Waals surface area contributed by atoms with Crippen LogP contribution in [-0.2, 0) is 4.79 Å². The highest BCUT2D eigenvalue weighted by atomic mass is 19.3. The van der Waals surface area contributed by atoms with E-state index in [4.69, 9.17) is 14.6 Å². The van der Waals surface area contributed by atoms with E-state index < -0.39 is 24.1 Å². The SMILES string of the molecule is O=C(O)C(O)c1cc2c(cc1C(F)F)OCCO2. The van der Waals surface area contributed by atoms with Crippen molar-refractivity contribution in [3.63, 3.8) is 0 Å². The molecule has 0 radical (unpaired) electrons. The van der Waals surface area contributed by atoms with Crippen LogP contribution >= 0.6 is 0 Å². The Labute approximate surface area is 101 Å².